The molecule has 0 aliphatic heterocycles. The van der Waals surface area contributed by atoms with E-state index in [0.717, 1.165) is 11.6 Å². The van der Waals surface area contributed by atoms with E-state index in [9.17, 15) is 17.6 Å². The Labute approximate surface area is 164 Å². The van der Waals surface area contributed by atoms with Crippen molar-refractivity contribution < 1.29 is 17.6 Å². The molecule has 0 aliphatic rings. The van der Waals surface area contributed by atoms with Gasteiger partial charge >= 0.3 is 0 Å². The van der Waals surface area contributed by atoms with Crippen LogP contribution < -0.4 is 0 Å². The summed E-state index contributed by atoms with van der Waals surface area (Å²) in [7, 11) is 0. The third kappa shape index (κ3) is 3.70. The monoisotopic (exact) mass is 391 g/mol. The van der Waals surface area contributed by atoms with E-state index in [1.165, 1.54) is 24.3 Å². The number of halogens is 4. The maximum absolute atomic E-state index is 14.4. The molecular formula is C24H13F4N. The van der Waals surface area contributed by atoms with Crippen LogP contribution in [-0.4, -0.2) is 4.98 Å². The highest BCUT2D eigenvalue weighted by atomic mass is 19.2. The molecule has 0 atom stereocenters. The minimum Gasteiger partial charge on any atom is -0.256 e. The predicted molar refractivity (Wildman–Crippen MR) is 104 cm³/mol. The highest BCUT2D eigenvalue weighted by molar-refractivity contribution is 5.84. The molecule has 0 N–H and O–H groups in total. The third-order valence-corrected chi connectivity index (χ3v) is 4.49. The van der Waals surface area contributed by atoms with E-state index in [4.69, 9.17) is 0 Å². The first kappa shape index (κ1) is 18.7. The quantitative estimate of drug-likeness (QED) is 0.215. The molecule has 0 bridgehead atoms. The summed E-state index contributed by atoms with van der Waals surface area (Å²) < 4.78 is 55.0. The Kier molecular flexibility index (Phi) is 4.77. The third-order valence-electron chi connectivity index (χ3n) is 4.49. The van der Waals surface area contributed by atoms with Gasteiger partial charge in [0.05, 0.1) is 11.3 Å². The van der Waals surface area contributed by atoms with Gasteiger partial charge in [-0.2, -0.15) is 0 Å². The van der Waals surface area contributed by atoms with Crippen molar-refractivity contribution >= 4 is 10.8 Å². The molecule has 5 heteroatoms. The number of benzene rings is 3. The van der Waals surface area contributed by atoms with Crippen LogP contribution in [0.4, 0.5) is 17.6 Å². The van der Waals surface area contributed by atoms with Crippen molar-refractivity contribution in [1.29, 1.82) is 0 Å². The fourth-order valence-electron chi connectivity index (χ4n) is 2.94. The number of pyridine rings is 1. The number of nitrogens with zero attached hydrogens (tertiary/aromatic N) is 1. The lowest BCUT2D eigenvalue weighted by Gasteiger charge is -2.03. The van der Waals surface area contributed by atoms with Crippen molar-refractivity contribution in [1.82, 2.24) is 4.98 Å². The number of fused-ring (bicyclic) bond motifs is 1. The van der Waals surface area contributed by atoms with Gasteiger partial charge in [0.1, 0.15) is 5.82 Å². The van der Waals surface area contributed by atoms with E-state index in [1.807, 2.05) is 19.1 Å². The number of aryl methyl sites for hydroxylation is 1. The molecule has 0 saturated carbocycles. The largest absolute Gasteiger partial charge is 0.256 e. The summed E-state index contributed by atoms with van der Waals surface area (Å²) in [6.07, 6.45) is 1.71. The predicted octanol–water partition coefficient (Wildman–Crippen LogP) is 6.17. The fourth-order valence-corrected chi connectivity index (χ4v) is 2.94. The van der Waals surface area contributed by atoms with Crippen LogP contribution in [0.15, 0.2) is 60.8 Å². The summed E-state index contributed by atoms with van der Waals surface area (Å²) in [5, 5.41) is 0.130. The summed E-state index contributed by atoms with van der Waals surface area (Å²) >= 11 is 0. The normalized spacial score (nSPS) is 10.7. The molecule has 0 radical (unpaired) electrons. The Morgan fingerprint density at radius 3 is 2.31 bits per heavy atom. The summed E-state index contributed by atoms with van der Waals surface area (Å²) in [6.45, 7) is 1.92. The second-order valence-electron chi connectivity index (χ2n) is 6.59. The summed E-state index contributed by atoms with van der Waals surface area (Å²) in [5.41, 5.74) is 2.89. The van der Waals surface area contributed by atoms with Gasteiger partial charge in [-0.25, -0.2) is 17.6 Å². The molecule has 0 aliphatic carbocycles. The van der Waals surface area contributed by atoms with Gasteiger partial charge in [-0.15, -0.1) is 0 Å². The van der Waals surface area contributed by atoms with Crippen molar-refractivity contribution in [3.05, 3.63) is 101 Å². The Morgan fingerprint density at radius 1 is 0.759 bits per heavy atom. The number of aromatic nitrogens is 1. The molecule has 0 spiro atoms. The lowest BCUT2D eigenvalue weighted by atomic mass is 10.0. The Hall–Kier alpha value is -3.65. The van der Waals surface area contributed by atoms with Crippen molar-refractivity contribution in [2.75, 3.05) is 0 Å². The Morgan fingerprint density at radius 2 is 1.59 bits per heavy atom. The molecule has 1 aromatic heterocycles. The first-order chi connectivity index (χ1) is 13.9. The van der Waals surface area contributed by atoms with Crippen LogP contribution in [0.25, 0.3) is 22.0 Å². The second kappa shape index (κ2) is 7.40. The average Bonchev–Trinajstić information content (AvgIpc) is 2.71. The van der Waals surface area contributed by atoms with E-state index in [2.05, 4.69) is 16.8 Å². The van der Waals surface area contributed by atoms with E-state index in [-0.39, 0.29) is 16.3 Å². The van der Waals surface area contributed by atoms with Crippen molar-refractivity contribution in [3.63, 3.8) is 0 Å². The lowest BCUT2D eigenvalue weighted by molar-refractivity contribution is 0.453. The van der Waals surface area contributed by atoms with Crippen molar-refractivity contribution in [2.45, 2.75) is 6.92 Å². The Balaban J connectivity index is 1.67. The van der Waals surface area contributed by atoms with Crippen LogP contribution >= 0.6 is 0 Å². The van der Waals surface area contributed by atoms with Crippen LogP contribution in [-0.2, 0) is 0 Å². The average molecular weight is 391 g/mol. The van der Waals surface area contributed by atoms with Gasteiger partial charge in [-0.1, -0.05) is 30.0 Å². The van der Waals surface area contributed by atoms with E-state index >= 15 is 0 Å². The van der Waals surface area contributed by atoms with Gasteiger partial charge in [0.2, 0.25) is 0 Å². The second-order valence-corrected chi connectivity index (χ2v) is 6.59. The van der Waals surface area contributed by atoms with Gasteiger partial charge in [-0.3, -0.25) is 4.98 Å². The summed E-state index contributed by atoms with van der Waals surface area (Å²) in [4.78, 5) is 4.27. The van der Waals surface area contributed by atoms with Gasteiger partial charge < -0.3 is 0 Å². The molecule has 3 aromatic carbocycles. The van der Waals surface area contributed by atoms with Crippen LogP contribution in [0.3, 0.4) is 0 Å². The first-order valence-electron chi connectivity index (χ1n) is 8.74. The highest BCUT2D eigenvalue weighted by Gasteiger charge is 2.13. The minimum absolute atomic E-state index is 0.0458. The smallest absolute Gasteiger partial charge is 0.195 e. The molecule has 142 valence electrons. The molecule has 29 heavy (non-hydrogen) atoms. The molecule has 1 nitrogen and oxygen atoms in total. The van der Waals surface area contributed by atoms with Gasteiger partial charge in [0.25, 0.3) is 0 Å². The van der Waals surface area contributed by atoms with Crippen molar-refractivity contribution in [2.24, 2.45) is 0 Å². The molecule has 0 saturated heterocycles. The maximum Gasteiger partial charge on any atom is 0.195 e. The standard InChI is InChI=1S/C24H13F4N/c1-14-2-9-22(29-13-14)17-7-6-16(20(25)11-17)5-3-15-4-8-19-18(10-15)12-21(26)24(28)23(19)27/h2,4,6-13H,1H3. The Bertz CT molecular complexity index is 1300. The molecule has 1 heterocycles. The number of rotatable bonds is 1. The fraction of sp³-hybridized carbons (Fsp3) is 0.0417. The zero-order valence-corrected chi connectivity index (χ0v) is 15.2. The van der Waals surface area contributed by atoms with Crippen molar-refractivity contribution in [3.8, 4) is 23.1 Å². The molecule has 0 amide bonds. The highest BCUT2D eigenvalue weighted by Crippen LogP contribution is 2.24. The molecule has 4 aromatic rings. The molecule has 0 unspecified atom stereocenters. The van der Waals surface area contributed by atoms with Crippen LogP contribution in [0, 0.1) is 42.0 Å². The SMILES string of the molecule is Cc1ccc(-c2ccc(C#Cc3ccc4c(F)c(F)c(F)cc4c3)c(F)c2)nc1. The topological polar surface area (TPSA) is 12.9 Å². The zero-order chi connectivity index (χ0) is 20.5. The maximum atomic E-state index is 14.4. The van der Waals surface area contributed by atoms with Crippen LogP contribution in [0.1, 0.15) is 16.7 Å². The van der Waals surface area contributed by atoms with E-state index < -0.39 is 23.3 Å². The van der Waals surface area contributed by atoms with Gasteiger partial charge in [0.15, 0.2) is 17.5 Å². The minimum atomic E-state index is -1.51. The molecule has 4 rings (SSSR count). The lowest BCUT2D eigenvalue weighted by Crippen LogP contribution is -1.92. The van der Waals surface area contributed by atoms with Crippen LogP contribution in [0.5, 0.6) is 0 Å². The van der Waals surface area contributed by atoms with E-state index in [1.54, 1.807) is 18.3 Å². The van der Waals surface area contributed by atoms with Crippen LogP contribution in [0.2, 0.25) is 0 Å². The number of hydrogen-bond donors (Lipinski definition) is 0. The van der Waals surface area contributed by atoms with Gasteiger partial charge in [0, 0.05) is 22.7 Å². The number of hydrogen-bond acceptors (Lipinski definition) is 1. The zero-order valence-electron chi connectivity index (χ0n) is 15.2. The first-order valence-corrected chi connectivity index (χ1v) is 8.74. The molecular weight excluding hydrogens is 378 g/mol. The van der Waals surface area contributed by atoms with Gasteiger partial charge in [-0.05, 0) is 54.3 Å². The summed E-state index contributed by atoms with van der Waals surface area (Å²) in [6, 6.07) is 13.5. The summed E-state index contributed by atoms with van der Waals surface area (Å²) in [5.74, 6) is 0.954. The molecule has 0 fully saturated rings. The van der Waals surface area contributed by atoms with E-state index in [0.29, 0.717) is 16.8 Å².